The van der Waals surface area contributed by atoms with Gasteiger partial charge in [-0.25, -0.2) is 27.0 Å². The summed E-state index contributed by atoms with van der Waals surface area (Å²) in [5, 5.41) is 18.8. The number of carbonyl (C=O) groups is 1. The van der Waals surface area contributed by atoms with Crippen molar-refractivity contribution in [2.75, 3.05) is 38.1 Å². The van der Waals surface area contributed by atoms with E-state index >= 15 is 0 Å². The topological polar surface area (TPSA) is 143 Å². The van der Waals surface area contributed by atoms with Gasteiger partial charge in [-0.05, 0) is 86.8 Å². The normalized spacial score (nSPS) is 27.0. The van der Waals surface area contributed by atoms with Crippen LogP contribution in [0.4, 0.5) is 18.7 Å². The van der Waals surface area contributed by atoms with Gasteiger partial charge in [0.05, 0.1) is 40.0 Å². The zero-order valence-corrected chi connectivity index (χ0v) is 33.6. The summed E-state index contributed by atoms with van der Waals surface area (Å²) in [6.45, 7) is 5.95. The van der Waals surface area contributed by atoms with E-state index in [9.17, 15) is 27.1 Å². The number of amides is 1. The third-order valence-corrected chi connectivity index (χ3v) is 15.0. The minimum Gasteiger partial charge on any atom is -0.443 e. The molecule has 1 aromatic heterocycles. The molecule has 2 aliphatic carbocycles. The number of alkyl carbamates (subject to hydrolysis) is 1. The fraction of sp³-hybridized carbons (Fsp3) is 0.650. The van der Waals surface area contributed by atoms with Crippen molar-refractivity contribution in [2.24, 2.45) is 17.8 Å². The Morgan fingerprint density at radius 1 is 1.05 bits per heavy atom. The van der Waals surface area contributed by atoms with Crippen LogP contribution in [0.5, 0.6) is 0 Å². The first-order chi connectivity index (χ1) is 26.9. The molecule has 16 heteroatoms. The van der Waals surface area contributed by atoms with Gasteiger partial charge < -0.3 is 34.9 Å². The lowest BCUT2D eigenvalue weighted by atomic mass is 9.78. The number of likely N-dealkylation sites (tertiary alicyclic amines) is 1. The molecule has 3 N–H and O–H groups in total. The van der Waals surface area contributed by atoms with Gasteiger partial charge in [0.1, 0.15) is 17.7 Å². The SMILES string of the molecule is CC(C)CN(C[C@@H](O)[C@H](Cc1cc(F)cc(F)c1)NC(=O)OC1C2COC3OC1CC3C2)S(=O)(=O)c1ccc2nc(NC3CCN(C4CCCC4)CC3)sc2c1. The number of nitrogens with zero attached hydrogens (tertiary/aromatic N) is 3. The van der Waals surface area contributed by atoms with E-state index < -0.39 is 52.5 Å². The van der Waals surface area contributed by atoms with Crippen LogP contribution < -0.4 is 10.6 Å². The Hall–Kier alpha value is -2.99. The first-order valence-corrected chi connectivity index (χ1v) is 22.4. The molecule has 3 aromatic rings. The van der Waals surface area contributed by atoms with Gasteiger partial charge in [-0.3, -0.25) is 0 Å². The molecule has 5 fully saturated rings. The number of sulfonamides is 1. The number of benzene rings is 2. The number of anilines is 1. The smallest absolute Gasteiger partial charge is 0.407 e. The van der Waals surface area contributed by atoms with Gasteiger partial charge in [0.25, 0.3) is 0 Å². The molecular weight excluding hydrogens is 765 g/mol. The maximum absolute atomic E-state index is 14.4. The van der Waals surface area contributed by atoms with Crippen LogP contribution in [0.15, 0.2) is 41.3 Å². The van der Waals surface area contributed by atoms with Crippen LogP contribution in [0, 0.1) is 29.4 Å². The Bertz CT molecular complexity index is 1940. The second-order valence-corrected chi connectivity index (χ2v) is 19.8. The summed E-state index contributed by atoms with van der Waals surface area (Å²) in [6, 6.07) is 7.69. The molecule has 0 radical (unpaired) electrons. The van der Waals surface area contributed by atoms with Gasteiger partial charge in [-0.1, -0.05) is 38.0 Å². The van der Waals surface area contributed by atoms with Crippen LogP contribution in [0.3, 0.4) is 0 Å². The molecule has 56 heavy (non-hydrogen) atoms. The predicted octanol–water partition coefficient (Wildman–Crippen LogP) is 5.89. The van der Waals surface area contributed by atoms with Crippen LogP contribution in [-0.4, -0.2) is 109 Å². The number of carbonyl (C=O) groups excluding carboxylic acids is 1. The molecule has 12 nitrogen and oxygen atoms in total. The first-order valence-electron chi connectivity index (χ1n) is 20.2. The highest BCUT2D eigenvalue weighted by molar-refractivity contribution is 7.89. The summed E-state index contributed by atoms with van der Waals surface area (Å²) < 4.78 is 76.8. The van der Waals surface area contributed by atoms with E-state index in [1.165, 1.54) is 47.4 Å². The summed E-state index contributed by atoms with van der Waals surface area (Å²) in [5.41, 5.74) is 0.868. The molecule has 1 amide bonds. The van der Waals surface area contributed by atoms with E-state index in [1.807, 2.05) is 13.8 Å². The van der Waals surface area contributed by atoms with Crippen molar-refractivity contribution in [1.29, 1.82) is 0 Å². The van der Waals surface area contributed by atoms with Crippen molar-refractivity contribution in [3.8, 4) is 0 Å². The Morgan fingerprint density at radius 2 is 1.80 bits per heavy atom. The summed E-state index contributed by atoms with van der Waals surface area (Å²) >= 11 is 1.42. The van der Waals surface area contributed by atoms with Gasteiger partial charge in [0.15, 0.2) is 11.4 Å². The third kappa shape index (κ3) is 8.86. The van der Waals surface area contributed by atoms with Gasteiger partial charge in [0.2, 0.25) is 10.0 Å². The van der Waals surface area contributed by atoms with Crippen LogP contribution in [-0.2, 0) is 30.7 Å². The van der Waals surface area contributed by atoms with E-state index in [0.29, 0.717) is 24.6 Å². The number of ether oxygens (including phenoxy) is 3. The number of aromatic nitrogens is 1. The maximum atomic E-state index is 14.4. The van der Waals surface area contributed by atoms with Crippen LogP contribution in [0.2, 0.25) is 0 Å². The number of fused-ring (bicyclic) bond motifs is 3. The van der Waals surface area contributed by atoms with Gasteiger partial charge in [0, 0.05) is 56.2 Å². The highest BCUT2D eigenvalue weighted by Crippen LogP contribution is 2.46. The molecule has 8 rings (SSSR count). The van der Waals surface area contributed by atoms with E-state index in [2.05, 4.69) is 15.5 Å². The van der Waals surface area contributed by atoms with E-state index in [1.54, 1.807) is 12.1 Å². The largest absolute Gasteiger partial charge is 0.443 e. The minimum atomic E-state index is -4.17. The Labute approximate surface area is 331 Å². The molecule has 3 aliphatic heterocycles. The summed E-state index contributed by atoms with van der Waals surface area (Å²) in [5.74, 6) is -1.53. The maximum Gasteiger partial charge on any atom is 0.407 e. The molecule has 3 bridgehead atoms. The molecule has 5 unspecified atom stereocenters. The number of halogens is 2. The van der Waals surface area contributed by atoms with Crippen molar-refractivity contribution in [3.05, 3.63) is 53.6 Å². The number of nitrogens with one attached hydrogen (secondary N) is 2. The predicted molar refractivity (Wildman–Crippen MR) is 208 cm³/mol. The van der Waals surface area contributed by atoms with Crippen LogP contribution in [0.25, 0.3) is 10.2 Å². The van der Waals surface area contributed by atoms with Crippen molar-refractivity contribution in [1.82, 2.24) is 19.5 Å². The van der Waals surface area contributed by atoms with Gasteiger partial charge >= 0.3 is 6.09 Å². The molecule has 0 spiro atoms. The average Bonchev–Trinajstić information content (AvgIpc) is 3.89. The lowest BCUT2D eigenvalue weighted by Gasteiger charge is -2.37. The summed E-state index contributed by atoms with van der Waals surface area (Å²) in [6.07, 6.45) is 5.13. The second kappa shape index (κ2) is 16.7. The molecule has 2 saturated carbocycles. The van der Waals surface area contributed by atoms with Gasteiger partial charge in [-0.15, -0.1) is 0 Å². The first kappa shape index (κ1) is 39.8. The number of thiazole rings is 1. The molecule has 3 saturated heterocycles. The van der Waals surface area contributed by atoms with Crippen LogP contribution >= 0.6 is 11.3 Å². The lowest BCUT2D eigenvalue weighted by molar-refractivity contribution is -0.153. The highest BCUT2D eigenvalue weighted by Gasteiger charge is 2.53. The molecule has 2 aromatic carbocycles. The molecule has 5 aliphatic rings. The highest BCUT2D eigenvalue weighted by atomic mass is 32.2. The van der Waals surface area contributed by atoms with E-state index in [0.717, 1.165) is 66.4 Å². The van der Waals surface area contributed by atoms with E-state index in [-0.39, 0.29) is 53.6 Å². The zero-order chi connectivity index (χ0) is 39.1. The van der Waals surface area contributed by atoms with Crippen molar-refractivity contribution < 1.29 is 41.3 Å². The monoisotopic (exact) mass is 817 g/mol. The quantitative estimate of drug-likeness (QED) is 0.180. The van der Waals surface area contributed by atoms with Crippen LogP contribution in [0.1, 0.15) is 70.8 Å². The fourth-order valence-corrected chi connectivity index (χ4v) is 12.1. The Balaban J connectivity index is 0.971. The average molecular weight is 818 g/mol. The van der Waals surface area contributed by atoms with Gasteiger partial charge in [-0.2, -0.15) is 4.31 Å². The van der Waals surface area contributed by atoms with E-state index in [4.69, 9.17) is 19.2 Å². The Kier molecular flexibility index (Phi) is 11.9. The lowest BCUT2D eigenvalue weighted by Crippen LogP contribution is -2.53. The molecule has 7 atom stereocenters. The molecule has 306 valence electrons. The fourth-order valence-electron chi connectivity index (χ4n) is 9.44. The summed E-state index contributed by atoms with van der Waals surface area (Å²) in [7, 11) is -4.17. The molecular formula is C40H53F2N5O7S2. The number of hydrogen-bond acceptors (Lipinski definition) is 11. The minimum absolute atomic E-state index is 0.0437. The third-order valence-electron chi connectivity index (χ3n) is 12.2. The summed E-state index contributed by atoms with van der Waals surface area (Å²) in [4.78, 5) is 20.9. The van der Waals surface area contributed by atoms with Crippen molar-refractivity contribution in [2.45, 2.75) is 119 Å². The number of aliphatic hydroxyl groups is 1. The van der Waals surface area contributed by atoms with Crippen molar-refractivity contribution >= 4 is 42.8 Å². The number of piperidine rings is 1. The number of rotatable bonds is 14. The standard InChI is InChI=1S/C40H53F2N5O7S2/c1-23(2)20-47(56(50,51)31-7-8-32-36(19-31)55-39(44-32)43-29-9-11-46(12-10-29)30-5-3-4-6-30)21-34(48)33(15-24-13-27(41)18-28(42)14-24)45-40(49)54-37-26-16-25-17-35(37)53-38(25)52-22-26/h7-8,13-14,18-19,23,25-26,29-30,33-35,37-38,48H,3-6,9-12,15-17,20-22H2,1-2H3,(H,43,44)(H,45,49)/t25?,26?,33-,34+,35?,37?,38?/m0/s1. The Morgan fingerprint density at radius 3 is 2.54 bits per heavy atom. The molecule has 4 heterocycles. The zero-order valence-electron chi connectivity index (χ0n) is 31.9. The van der Waals surface area contributed by atoms with Crippen molar-refractivity contribution in [3.63, 3.8) is 0 Å². The number of aliphatic hydroxyl groups excluding tert-OH is 1. The second-order valence-electron chi connectivity index (χ2n) is 16.8. The number of hydrogen-bond donors (Lipinski definition) is 3.